The molecule has 0 saturated carbocycles. The van der Waals surface area contributed by atoms with Gasteiger partial charge in [0.2, 0.25) is 0 Å². The standard InChI is InChI=1S/C9H17NO3/c1-9(2)12-6-8(13-9)7-5-11-4-3-10-7/h7-8,10H,3-6H2,1-2H3. The van der Waals surface area contributed by atoms with Gasteiger partial charge in [-0.2, -0.15) is 0 Å². The van der Waals surface area contributed by atoms with Crippen LogP contribution in [0.3, 0.4) is 0 Å². The van der Waals surface area contributed by atoms with Gasteiger partial charge in [0, 0.05) is 6.54 Å². The van der Waals surface area contributed by atoms with E-state index in [1.165, 1.54) is 0 Å². The Morgan fingerprint density at radius 2 is 2.15 bits per heavy atom. The lowest BCUT2D eigenvalue weighted by molar-refractivity contribution is -0.145. The highest BCUT2D eigenvalue weighted by Gasteiger charge is 2.37. The Morgan fingerprint density at radius 3 is 2.69 bits per heavy atom. The summed E-state index contributed by atoms with van der Waals surface area (Å²) in [6.45, 7) is 6.98. The third kappa shape index (κ3) is 2.20. The van der Waals surface area contributed by atoms with E-state index in [1.807, 2.05) is 13.8 Å². The molecule has 2 atom stereocenters. The van der Waals surface area contributed by atoms with E-state index >= 15 is 0 Å². The first kappa shape index (κ1) is 9.40. The summed E-state index contributed by atoms with van der Waals surface area (Å²) in [5, 5.41) is 3.37. The van der Waals surface area contributed by atoms with Crippen molar-refractivity contribution >= 4 is 0 Å². The molecule has 0 aromatic rings. The van der Waals surface area contributed by atoms with E-state index in [1.54, 1.807) is 0 Å². The van der Waals surface area contributed by atoms with Crippen molar-refractivity contribution in [3.05, 3.63) is 0 Å². The van der Waals surface area contributed by atoms with Crippen molar-refractivity contribution in [1.82, 2.24) is 5.32 Å². The Kier molecular flexibility index (Phi) is 2.55. The van der Waals surface area contributed by atoms with Gasteiger partial charge in [0.15, 0.2) is 5.79 Å². The molecule has 0 aliphatic carbocycles. The van der Waals surface area contributed by atoms with Crippen LogP contribution >= 0.6 is 0 Å². The number of nitrogens with one attached hydrogen (secondary N) is 1. The molecule has 2 rings (SSSR count). The first-order valence-corrected chi connectivity index (χ1v) is 4.80. The van der Waals surface area contributed by atoms with Crippen LogP contribution in [0.4, 0.5) is 0 Å². The van der Waals surface area contributed by atoms with Gasteiger partial charge in [-0.05, 0) is 13.8 Å². The van der Waals surface area contributed by atoms with Gasteiger partial charge in [0.1, 0.15) is 6.10 Å². The molecule has 0 aromatic heterocycles. The first-order valence-electron chi connectivity index (χ1n) is 4.80. The van der Waals surface area contributed by atoms with Gasteiger partial charge in [-0.3, -0.25) is 0 Å². The number of ether oxygens (including phenoxy) is 3. The first-order chi connectivity index (χ1) is 6.17. The van der Waals surface area contributed by atoms with Crippen molar-refractivity contribution in [3.8, 4) is 0 Å². The predicted molar refractivity (Wildman–Crippen MR) is 47.5 cm³/mol. The Balaban J connectivity index is 1.87. The molecular formula is C9H17NO3. The van der Waals surface area contributed by atoms with E-state index in [4.69, 9.17) is 14.2 Å². The van der Waals surface area contributed by atoms with E-state index < -0.39 is 5.79 Å². The molecule has 0 bridgehead atoms. The number of hydrogen-bond acceptors (Lipinski definition) is 4. The monoisotopic (exact) mass is 187 g/mol. The Labute approximate surface area is 78.5 Å². The van der Waals surface area contributed by atoms with Gasteiger partial charge >= 0.3 is 0 Å². The normalized spacial score (nSPS) is 39.2. The second-order valence-electron chi connectivity index (χ2n) is 4.00. The summed E-state index contributed by atoms with van der Waals surface area (Å²) in [5.41, 5.74) is 0. The van der Waals surface area contributed by atoms with Crippen molar-refractivity contribution < 1.29 is 14.2 Å². The molecule has 4 heteroatoms. The summed E-state index contributed by atoms with van der Waals surface area (Å²) in [7, 11) is 0. The highest BCUT2D eigenvalue weighted by molar-refractivity contribution is 4.84. The Bertz CT molecular complexity index is 178. The molecule has 2 unspecified atom stereocenters. The van der Waals surface area contributed by atoms with Gasteiger partial charge in [-0.15, -0.1) is 0 Å². The topological polar surface area (TPSA) is 39.7 Å². The lowest BCUT2D eigenvalue weighted by atomic mass is 10.1. The van der Waals surface area contributed by atoms with Crippen LogP contribution in [0.5, 0.6) is 0 Å². The molecule has 2 heterocycles. The van der Waals surface area contributed by atoms with Gasteiger partial charge in [-0.1, -0.05) is 0 Å². The van der Waals surface area contributed by atoms with Crippen LogP contribution in [0.1, 0.15) is 13.8 Å². The fourth-order valence-electron chi connectivity index (χ4n) is 1.74. The van der Waals surface area contributed by atoms with Gasteiger partial charge in [0.25, 0.3) is 0 Å². The van der Waals surface area contributed by atoms with E-state index in [0.717, 1.165) is 19.8 Å². The summed E-state index contributed by atoms with van der Waals surface area (Å²) >= 11 is 0. The maximum Gasteiger partial charge on any atom is 0.163 e. The second-order valence-corrected chi connectivity index (χ2v) is 4.00. The Hall–Kier alpha value is -0.160. The van der Waals surface area contributed by atoms with Crippen LogP contribution < -0.4 is 5.32 Å². The third-order valence-corrected chi connectivity index (χ3v) is 2.43. The van der Waals surface area contributed by atoms with E-state index in [-0.39, 0.29) is 12.1 Å². The van der Waals surface area contributed by atoms with Crippen LogP contribution in [-0.4, -0.2) is 44.3 Å². The molecule has 76 valence electrons. The quantitative estimate of drug-likeness (QED) is 0.633. The molecular weight excluding hydrogens is 170 g/mol. The van der Waals surface area contributed by atoms with Crippen molar-refractivity contribution in [1.29, 1.82) is 0 Å². The maximum atomic E-state index is 5.72. The average molecular weight is 187 g/mol. The van der Waals surface area contributed by atoms with Gasteiger partial charge < -0.3 is 19.5 Å². The minimum atomic E-state index is -0.427. The van der Waals surface area contributed by atoms with E-state index in [0.29, 0.717) is 6.61 Å². The molecule has 2 aliphatic heterocycles. The molecule has 0 radical (unpaired) electrons. The van der Waals surface area contributed by atoms with E-state index in [2.05, 4.69) is 5.32 Å². The molecule has 1 N–H and O–H groups in total. The smallest absolute Gasteiger partial charge is 0.163 e. The predicted octanol–water partition coefficient (Wildman–Crippen LogP) is 0.126. The number of morpholine rings is 1. The molecule has 4 nitrogen and oxygen atoms in total. The largest absolute Gasteiger partial charge is 0.378 e. The SMILES string of the molecule is CC1(C)OCC(C2COCCN2)O1. The van der Waals surface area contributed by atoms with Crippen molar-refractivity contribution in [2.75, 3.05) is 26.4 Å². The number of rotatable bonds is 1. The zero-order valence-electron chi connectivity index (χ0n) is 8.21. The molecule has 2 fully saturated rings. The number of hydrogen-bond donors (Lipinski definition) is 1. The van der Waals surface area contributed by atoms with Crippen LogP contribution in [0.2, 0.25) is 0 Å². The molecule has 0 spiro atoms. The summed E-state index contributed by atoms with van der Waals surface area (Å²) in [4.78, 5) is 0. The molecule has 2 aliphatic rings. The highest BCUT2D eigenvalue weighted by atomic mass is 16.7. The summed E-state index contributed by atoms with van der Waals surface area (Å²) in [6.07, 6.45) is 0.135. The van der Waals surface area contributed by atoms with E-state index in [9.17, 15) is 0 Å². The van der Waals surface area contributed by atoms with Crippen LogP contribution in [0, 0.1) is 0 Å². The summed E-state index contributed by atoms with van der Waals surface area (Å²) < 4.78 is 16.6. The minimum absolute atomic E-state index is 0.135. The van der Waals surface area contributed by atoms with Gasteiger partial charge in [0.05, 0.1) is 25.9 Å². The lowest BCUT2D eigenvalue weighted by Crippen LogP contribution is -2.49. The zero-order valence-corrected chi connectivity index (χ0v) is 8.21. The molecule has 13 heavy (non-hydrogen) atoms. The average Bonchev–Trinajstić information content (AvgIpc) is 2.48. The van der Waals surface area contributed by atoms with Crippen molar-refractivity contribution in [2.45, 2.75) is 31.8 Å². The Morgan fingerprint density at radius 1 is 1.31 bits per heavy atom. The zero-order chi connectivity index (χ0) is 9.31. The van der Waals surface area contributed by atoms with Crippen molar-refractivity contribution in [2.24, 2.45) is 0 Å². The minimum Gasteiger partial charge on any atom is -0.378 e. The highest BCUT2D eigenvalue weighted by Crippen LogP contribution is 2.24. The third-order valence-electron chi connectivity index (χ3n) is 2.43. The molecule has 0 aromatic carbocycles. The molecule has 2 saturated heterocycles. The fraction of sp³-hybridized carbons (Fsp3) is 1.00. The van der Waals surface area contributed by atoms with Gasteiger partial charge in [-0.25, -0.2) is 0 Å². The van der Waals surface area contributed by atoms with Crippen LogP contribution in [0.15, 0.2) is 0 Å². The maximum absolute atomic E-state index is 5.72. The second kappa shape index (κ2) is 3.53. The van der Waals surface area contributed by atoms with Crippen molar-refractivity contribution in [3.63, 3.8) is 0 Å². The van der Waals surface area contributed by atoms with Crippen LogP contribution in [0.25, 0.3) is 0 Å². The lowest BCUT2D eigenvalue weighted by Gasteiger charge is -2.28. The molecule has 0 amide bonds. The van der Waals surface area contributed by atoms with Crippen LogP contribution in [-0.2, 0) is 14.2 Å². The summed E-state index contributed by atoms with van der Waals surface area (Å²) in [5.74, 6) is -0.427. The fourth-order valence-corrected chi connectivity index (χ4v) is 1.74. The summed E-state index contributed by atoms with van der Waals surface area (Å²) in [6, 6.07) is 0.288.